The van der Waals surface area contributed by atoms with Gasteiger partial charge in [0.15, 0.2) is 5.60 Å². The van der Waals surface area contributed by atoms with Gasteiger partial charge in [-0.1, -0.05) is 145 Å². The molecule has 5 nitrogen and oxygen atoms in total. The van der Waals surface area contributed by atoms with Crippen molar-refractivity contribution in [1.82, 2.24) is 0 Å². The fourth-order valence-electron chi connectivity index (χ4n) is 6.95. The van der Waals surface area contributed by atoms with Crippen molar-refractivity contribution in [2.24, 2.45) is 0 Å². The summed E-state index contributed by atoms with van der Waals surface area (Å²) >= 11 is 13.5. The summed E-state index contributed by atoms with van der Waals surface area (Å²) in [4.78, 5) is 13.2. The molecule has 2 N–H and O–H groups in total. The summed E-state index contributed by atoms with van der Waals surface area (Å²) in [5.74, 6) is 0.0481. The topological polar surface area (TPSA) is 76.0 Å². The fraction of sp³-hybridized carbons (Fsp3) is 0.500. The number of aromatic hydroxyl groups is 2. The molecule has 0 saturated carbocycles. The van der Waals surface area contributed by atoms with Gasteiger partial charge in [-0.25, -0.2) is 4.79 Å². The number of carbonyl (C=O) groups excluding carboxylic acids is 1. The molecule has 0 bridgehead atoms. The van der Waals surface area contributed by atoms with E-state index in [1.807, 2.05) is 12.1 Å². The van der Waals surface area contributed by atoms with E-state index in [-0.39, 0.29) is 21.5 Å². The Hall–Kier alpha value is -2.89. The highest BCUT2D eigenvalue weighted by atomic mass is 35.5. The molecule has 242 valence electrons. The predicted octanol–water partition coefficient (Wildman–Crippen LogP) is 11.8. The van der Waals surface area contributed by atoms with Crippen LogP contribution >= 0.6 is 23.2 Å². The lowest BCUT2D eigenvalue weighted by Crippen LogP contribution is -2.34. The standard InChI is InChI=1S/C38H46Cl2O5/c1-2-3-4-5-6-7-8-9-10-11-12-13-14-15-16-17-21-28-35(42)34(40)33(39)32-36(28)44-31-25-26(41)23-24-30(31)38(32)29-22-19-18-20-27(29)37(43)45-38/h18-20,22-25,41-42H,2-17,21H2,1H3. The van der Waals surface area contributed by atoms with Gasteiger partial charge < -0.3 is 19.7 Å². The summed E-state index contributed by atoms with van der Waals surface area (Å²) in [6, 6.07) is 11.9. The number of rotatable bonds is 17. The number of halogens is 2. The Morgan fingerprint density at radius 3 is 1.91 bits per heavy atom. The number of hydrogen-bond acceptors (Lipinski definition) is 5. The molecule has 0 radical (unpaired) electrons. The quantitative estimate of drug-likeness (QED) is 0.112. The van der Waals surface area contributed by atoms with E-state index >= 15 is 0 Å². The molecule has 2 heterocycles. The number of phenolic OH excluding ortho intramolecular Hbond substituents is 2. The van der Waals surface area contributed by atoms with Gasteiger partial charge in [0.05, 0.1) is 16.1 Å². The van der Waals surface area contributed by atoms with Gasteiger partial charge in [-0.2, -0.15) is 0 Å². The zero-order chi connectivity index (χ0) is 31.8. The van der Waals surface area contributed by atoms with Crippen LogP contribution in [0.2, 0.25) is 10.0 Å². The number of esters is 1. The van der Waals surface area contributed by atoms with E-state index in [4.69, 9.17) is 32.7 Å². The van der Waals surface area contributed by atoms with E-state index in [1.165, 1.54) is 95.6 Å². The minimum absolute atomic E-state index is 0.00698. The average Bonchev–Trinajstić information content (AvgIpc) is 3.32. The number of phenols is 2. The van der Waals surface area contributed by atoms with Crippen molar-refractivity contribution in [3.63, 3.8) is 0 Å². The largest absolute Gasteiger partial charge is 0.508 e. The molecular weight excluding hydrogens is 607 g/mol. The Morgan fingerprint density at radius 2 is 1.29 bits per heavy atom. The van der Waals surface area contributed by atoms with Crippen LogP contribution in [0.3, 0.4) is 0 Å². The van der Waals surface area contributed by atoms with Gasteiger partial charge in [-0.05, 0) is 31.0 Å². The van der Waals surface area contributed by atoms with Crippen molar-refractivity contribution in [1.29, 1.82) is 0 Å². The summed E-state index contributed by atoms with van der Waals surface area (Å²) in [5, 5.41) is 21.6. The molecule has 5 rings (SSSR count). The Labute approximate surface area is 277 Å². The first-order valence-corrected chi connectivity index (χ1v) is 17.7. The van der Waals surface area contributed by atoms with Crippen LogP contribution in [0.25, 0.3) is 0 Å². The molecule has 7 heteroatoms. The van der Waals surface area contributed by atoms with E-state index in [0.717, 1.165) is 19.3 Å². The first-order valence-electron chi connectivity index (χ1n) is 17.0. The molecule has 2 aliphatic rings. The van der Waals surface area contributed by atoms with Crippen LogP contribution in [0.5, 0.6) is 23.0 Å². The molecule has 0 saturated heterocycles. The lowest BCUT2D eigenvalue weighted by molar-refractivity contribution is 0.0224. The molecule has 0 aromatic heterocycles. The second-order valence-electron chi connectivity index (χ2n) is 12.6. The van der Waals surface area contributed by atoms with E-state index in [2.05, 4.69) is 6.92 Å². The van der Waals surface area contributed by atoms with Crippen molar-refractivity contribution in [3.05, 3.63) is 80.3 Å². The van der Waals surface area contributed by atoms with E-state index in [0.29, 0.717) is 45.7 Å². The minimum atomic E-state index is -1.43. The third kappa shape index (κ3) is 7.10. The minimum Gasteiger partial charge on any atom is -0.508 e. The van der Waals surface area contributed by atoms with Crippen molar-refractivity contribution in [3.8, 4) is 23.0 Å². The van der Waals surface area contributed by atoms with Crippen LogP contribution < -0.4 is 4.74 Å². The maximum atomic E-state index is 13.2. The Kier molecular flexibility index (Phi) is 11.6. The molecule has 1 atom stereocenters. The molecular formula is C38H46Cl2O5. The SMILES string of the molecule is CCCCCCCCCCCCCCCCCCc1c(O)c(Cl)c(Cl)c2c1Oc1cc(O)ccc1C21OC(=O)c2ccccc21. The number of ether oxygens (including phenoxy) is 2. The van der Waals surface area contributed by atoms with Gasteiger partial charge in [-0.3, -0.25) is 0 Å². The number of hydrogen-bond donors (Lipinski definition) is 2. The van der Waals surface area contributed by atoms with Crippen molar-refractivity contribution in [2.45, 2.75) is 122 Å². The van der Waals surface area contributed by atoms with Crippen LogP contribution in [0.4, 0.5) is 0 Å². The van der Waals surface area contributed by atoms with E-state index < -0.39 is 11.6 Å². The number of carbonyl (C=O) groups is 1. The zero-order valence-electron chi connectivity index (χ0n) is 26.4. The predicted molar refractivity (Wildman–Crippen MR) is 181 cm³/mol. The third-order valence-electron chi connectivity index (χ3n) is 9.37. The summed E-state index contributed by atoms with van der Waals surface area (Å²) in [7, 11) is 0. The molecule has 45 heavy (non-hydrogen) atoms. The van der Waals surface area contributed by atoms with Crippen LogP contribution in [-0.2, 0) is 16.8 Å². The summed E-state index contributed by atoms with van der Waals surface area (Å²) in [6.07, 6.45) is 20.9. The van der Waals surface area contributed by atoms with Crippen LogP contribution in [0.15, 0.2) is 42.5 Å². The first kappa shape index (κ1) is 33.5. The first-order chi connectivity index (χ1) is 21.9. The van der Waals surface area contributed by atoms with E-state index in [9.17, 15) is 15.0 Å². The van der Waals surface area contributed by atoms with Crippen LogP contribution in [0.1, 0.15) is 142 Å². The monoisotopic (exact) mass is 652 g/mol. The normalized spacial score (nSPS) is 16.3. The Bertz CT molecular complexity index is 1490. The Morgan fingerprint density at radius 1 is 0.711 bits per heavy atom. The summed E-state index contributed by atoms with van der Waals surface area (Å²) < 4.78 is 12.6. The van der Waals surface area contributed by atoms with Crippen molar-refractivity contribution < 1.29 is 24.5 Å². The van der Waals surface area contributed by atoms with Gasteiger partial charge in [0.2, 0.25) is 0 Å². The highest BCUT2D eigenvalue weighted by Gasteiger charge is 2.55. The van der Waals surface area contributed by atoms with Gasteiger partial charge in [0, 0.05) is 22.8 Å². The molecule has 1 unspecified atom stereocenters. The van der Waals surface area contributed by atoms with Gasteiger partial charge in [-0.15, -0.1) is 0 Å². The van der Waals surface area contributed by atoms with Crippen LogP contribution in [0, 0.1) is 0 Å². The number of unbranched alkanes of at least 4 members (excludes halogenated alkanes) is 15. The Balaban J connectivity index is 1.21. The van der Waals surface area contributed by atoms with Crippen molar-refractivity contribution in [2.75, 3.05) is 0 Å². The van der Waals surface area contributed by atoms with Gasteiger partial charge in [0.1, 0.15) is 28.0 Å². The lowest BCUT2D eigenvalue weighted by atomic mass is 9.76. The molecule has 3 aromatic carbocycles. The molecule has 1 spiro atoms. The lowest BCUT2D eigenvalue weighted by Gasteiger charge is -2.38. The molecule has 0 fully saturated rings. The zero-order valence-corrected chi connectivity index (χ0v) is 27.9. The van der Waals surface area contributed by atoms with E-state index in [1.54, 1.807) is 18.2 Å². The second-order valence-corrected chi connectivity index (χ2v) is 13.4. The number of fused-ring (bicyclic) bond motifs is 6. The maximum Gasteiger partial charge on any atom is 0.340 e. The molecule has 2 aliphatic heterocycles. The molecule has 0 amide bonds. The van der Waals surface area contributed by atoms with Crippen molar-refractivity contribution >= 4 is 29.2 Å². The highest BCUT2D eigenvalue weighted by Crippen LogP contribution is 2.61. The molecule has 0 aliphatic carbocycles. The third-order valence-corrected chi connectivity index (χ3v) is 10.2. The number of benzene rings is 3. The van der Waals surface area contributed by atoms with Gasteiger partial charge >= 0.3 is 5.97 Å². The average molecular weight is 654 g/mol. The highest BCUT2D eigenvalue weighted by molar-refractivity contribution is 6.44. The summed E-state index contributed by atoms with van der Waals surface area (Å²) in [5.41, 5.74) is 1.06. The fourth-order valence-corrected chi connectivity index (χ4v) is 7.46. The molecule has 3 aromatic rings. The summed E-state index contributed by atoms with van der Waals surface area (Å²) in [6.45, 7) is 2.27. The smallest absolute Gasteiger partial charge is 0.340 e. The maximum absolute atomic E-state index is 13.2. The van der Waals surface area contributed by atoms with Crippen LogP contribution in [-0.4, -0.2) is 16.2 Å². The van der Waals surface area contributed by atoms with Gasteiger partial charge in [0.25, 0.3) is 0 Å². The second kappa shape index (κ2) is 15.6.